The van der Waals surface area contributed by atoms with Gasteiger partial charge >= 0.3 is 6.09 Å². The first-order chi connectivity index (χ1) is 9.94. The first-order valence-corrected chi connectivity index (χ1v) is 8.05. The van der Waals surface area contributed by atoms with Crippen molar-refractivity contribution in [2.24, 2.45) is 0 Å². The van der Waals surface area contributed by atoms with E-state index in [2.05, 4.69) is 4.72 Å². The zero-order valence-corrected chi connectivity index (χ0v) is 12.9. The van der Waals surface area contributed by atoms with Crippen LogP contribution in [0.5, 0.6) is 5.75 Å². The van der Waals surface area contributed by atoms with E-state index in [1.807, 2.05) is 0 Å². The number of hydrogen-bond acceptors (Lipinski definition) is 5. The third-order valence-electron chi connectivity index (χ3n) is 2.93. The van der Waals surface area contributed by atoms with Crippen LogP contribution in [-0.4, -0.2) is 52.8 Å². The van der Waals surface area contributed by atoms with Gasteiger partial charge < -0.3 is 14.4 Å². The molecule has 1 heterocycles. The number of rotatable bonds is 6. The highest BCUT2D eigenvalue weighted by Crippen LogP contribution is 2.26. The normalized spacial score (nSPS) is 15.1. The Hall–Kier alpha value is -1.51. The Bertz CT molecular complexity index is 635. The van der Waals surface area contributed by atoms with Gasteiger partial charge in [0.1, 0.15) is 17.3 Å². The van der Waals surface area contributed by atoms with Crippen molar-refractivity contribution in [1.82, 2.24) is 9.62 Å². The second kappa shape index (κ2) is 6.50. The smallest absolute Gasteiger partial charge is 0.409 e. The third kappa shape index (κ3) is 3.78. The molecule has 0 saturated carbocycles. The van der Waals surface area contributed by atoms with Gasteiger partial charge in [-0.05, 0) is 18.2 Å². The number of carbonyl (C=O) groups excluding carboxylic acids is 1. The molecule has 1 saturated heterocycles. The van der Waals surface area contributed by atoms with Crippen LogP contribution in [0.25, 0.3) is 0 Å². The molecule has 21 heavy (non-hydrogen) atoms. The van der Waals surface area contributed by atoms with E-state index in [-0.39, 0.29) is 23.7 Å². The predicted molar refractivity (Wildman–Crippen MR) is 76.1 cm³/mol. The standard InChI is InChI=1S/C12H15ClN2O5S/c1-19-10-3-2-9(13)8-11(10)21(17,18)14-4-5-15-6-7-20-12(15)16/h2-3,8,14H,4-7H2,1H3. The summed E-state index contributed by atoms with van der Waals surface area (Å²) in [6, 6.07) is 4.33. The van der Waals surface area contributed by atoms with Gasteiger partial charge in [0.2, 0.25) is 10.0 Å². The van der Waals surface area contributed by atoms with Crippen LogP contribution in [0, 0.1) is 0 Å². The molecule has 0 atom stereocenters. The first-order valence-electron chi connectivity index (χ1n) is 6.19. The molecule has 1 N–H and O–H groups in total. The fourth-order valence-corrected chi connectivity index (χ4v) is 3.33. The molecular weight excluding hydrogens is 320 g/mol. The van der Waals surface area contributed by atoms with Gasteiger partial charge in [-0.15, -0.1) is 0 Å². The topological polar surface area (TPSA) is 84.9 Å². The van der Waals surface area contributed by atoms with Crippen LogP contribution in [0.1, 0.15) is 0 Å². The Balaban J connectivity index is 2.04. The average Bonchev–Trinajstić information content (AvgIpc) is 2.84. The molecule has 0 unspecified atom stereocenters. The molecule has 1 aromatic rings. The van der Waals surface area contributed by atoms with Crippen LogP contribution < -0.4 is 9.46 Å². The van der Waals surface area contributed by atoms with Crippen molar-refractivity contribution in [3.8, 4) is 5.75 Å². The minimum absolute atomic E-state index is 0.0403. The van der Waals surface area contributed by atoms with Crippen molar-refractivity contribution >= 4 is 27.7 Å². The third-order valence-corrected chi connectivity index (χ3v) is 4.65. The molecule has 7 nitrogen and oxygen atoms in total. The highest BCUT2D eigenvalue weighted by Gasteiger charge is 2.23. The number of nitrogens with one attached hydrogen (secondary N) is 1. The fourth-order valence-electron chi connectivity index (χ4n) is 1.88. The number of cyclic esters (lactones) is 1. The lowest BCUT2D eigenvalue weighted by molar-refractivity contribution is 0.159. The number of ether oxygens (including phenoxy) is 2. The largest absolute Gasteiger partial charge is 0.495 e. The van der Waals surface area contributed by atoms with Crippen molar-refractivity contribution in [1.29, 1.82) is 0 Å². The second-order valence-electron chi connectivity index (χ2n) is 4.29. The summed E-state index contributed by atoms with van der Waals surface area (Å²) in [5.41, 5.74) is 0. The van der Waals surface area contributed by atoms with E-state index in [4.69, 9.17) is 21.1 Å². The van der Waals surface area contributed by atoms with Crippen molar-refractivity contribution in [2.45, 2.75) is 4.90 Å². The number of nitrogens with zero attached hydrogens (tertiary/aromatic N) is 1. The quantitative estimate of drug-likeness (QED) is 0.841. The molecule has 1 aromatic carbocycles. The zero-order chi connectivity index (χ0) is 15.5. The summed E-state index contributed by atoms with van der Waals surface area (Å²) in [6.07, 6.45) is -0.436. The molecule has 0 spiro atoms. The zero-order valence-electron chi connectivity index (χ0n) is 11.3. The van der Waals surface area contributed by atoms with Gasteiger partial charge in [-0.2, -0.15) is 0 Å². The first kappa shape index (κ1) is 15.9. The van der Waals surface area contributed by atoms with Crippen LogP contribution >= 0.6 is 11.6 Å². The summed E-state index contributed by atoms with van der Waals surface area (Å²) in [5.74, 6) is 0.201. The van der Waals surface area contributed by atoms with Crippen molar-refractivity contribution in [3.63, 3.8) is 0 Å². The van der Waals surface area contributed by atoms with Crippen LogP contribution in [0.2, 0.25) is 5.02 Å². The maximum absolute atomic E-state index is 12.2. The predicted octanol–water partition coefficient (Wildman–Crippen LogP) is 1.08. The highest BCUT2D eigenvalue weighted by molar-refractivity contribution is 7.89. The number of halogens is 1. The molecule has 1 fully saturated rings. The number of methoxy groups -OCH3 is 1. The highest BCUT2D eigenvalue weighted by atomic mass is 35.5. The molecule has 9 heteroatoms. The van der Waals surface area contributed by atoms with Crippen molar-refractivity contribution < 1.29 is 22.7 Å². The maximum Gasteiger partial charge on any atom is 0.409 e. The van der Waals surface area contributed by atoms with E-state index in [0.29, 0.717) is 18.2 Å². The SMILES string of the molecule is COc1ccc(Cl)cc1S(=O)(=O)NCCN1CCOC1=O. The summed E-state index contributed by atoms with van der Waals surface area (Å²) < 4.78 is 36.7. The number of benzene rings is 1. The lowest BCUT2D eigenvalue weighted by Gasteiger charge is -2.14. The van der Waals surface area contributed by atoms with E-state index in [9.17, 15) is 13.2 Å². The minimum atomic E-state index is -3.77. The van der Waals surface area contributed by atoms with Gasteiger partial charge in [0.05, 0.1) is 13.7 Å². The van der Waals surface area contributed by atoms with Crippen molar-refractivity contribution in [2.75, 3.05) is 33.4 Å². The number of carbonyl (C=O) groups is 1. The summed E-state index contributed by atoms with van der Waals surface area (Å²) in [7, 11) is -2.40. The number of amides is 1. The van der Waals surface area contributed by atoms with Gasteiger partial charge in [0.25, 0.3) is 0 Å². The summed E-state index contributed by atoms with van der Waals surface area (Å²) in [5, 5.41) is 0.291. The Labute approximate surface area is 127 Å². The molecule has 0 aliphatic carbocycles. The van der Waals surface area contributed by atoms with Crippen LogP contribution in [0.4, 0.5) is 4.79 Å². The molecule has 2 rings (SSSR count). The lowest BCUT2D eigenvalue weighted by atomic mass is 10.3. The number of hydrogen-bond donors (Lipinski definition) is 1. The number of sulfonamides is 1. The maximum atomic E-state index is 12.2. The van der Waals surface area contributed by atoms with Crippen LogP contribution in [0.3, 0.4) is 0 Å². The van der Waals surface area contributed by atoms with Crippen molar-refractivity contribution in [3.05, 3.63) is 23.2 Å². The average molecular weight is 335 g/mol. The summed E-state index contributed by atoms with van der Waals surface area (Å²) >= 11 is 5.82. The fraction of sp³-hybridized carbons (Fsp3) is 0.417. The Kier molecular flexibility index (Phi) is 4.92. The molecule has 1 amide bonds. The Morgan fingerprint density at radius 1 is 1.48 bits per heavy atom. The Morgan fingerprint density at radius 3 is 2.86 bits per heavy atom. The molecule has 116 valence electrons. The molecule has 1 aliphatic heterocycles. The lowest BCUT2D eigenvalue weighted by Crippen LogP contribution is -2.35. The molecule has 0 aromatic heterocycles. The van der Waals surface area contributed by atoms with Gasteiger partial charge in [-0.3, -0.25) is 0 Å². The van der Waals surface area contributed by atoms with Gasteiger partial charge in [0, 0.05) is 18.1 Å². The van der Waals surface area contributed by atoms with E-state index >= 15 is 0 Å². The molecule has 1 aliphatic rings. The molecule has 0 bridgehead atoms. The van der Waals surface area contributed by atoms with Gasteiger partial charge in [0.15, 0.2) is 0 Å². The van der Waals surface area contributed by atoms with Gasteiger partial charge in [-0.25, -0.2) is 17.9 Å². The van der Waals surface area contributed by atoms with Crippen LogP contribution in [-0.2, 0) is 14.8 Å². The van der Waals surface area contributed by atoms with E-state index < -0.39 is 16.1 Å². The van der Waals surface area contributed by atoms with Gasteiger partial charge in [-0.1, -0.05) is 11.6 Å². The second-order valence-corrected chi connectivity index (χ2v) is 6.47. The molecule has 0 radical (unpaired) electrons. The monoisotopic (exact) mass is 334 g/mol. The Morgan fingerprint density at radius 2 is 2.24 bits per heavy atom. The van der Waals surface area contributed by atoms with Crippen LogP contribution in [0.15, 0.2) is 23.1 Å². The van der Waals surface area contributed by atoms with E-state index in [1.54, 1.807) is 6.07 Å². The summed E-state index contributed by atoms with van der Waals surface area (Å²) in [4.78, 5) is 12.6. The van der Waals surface area contributed by atoms with E-state index in [1.165, 1.54) is 24.1 Å². The summed E-state index contributed by atoms with van der Waals surface area (Å²) in [6.45, 7) is 1.10. The van der Waals surface area contributed by atoms with E-state index in [0.717, 1.165) is 0 Å². The minimum Gasteiger partial charge on any atom is -0.495 e. The molecular formula is C12H15ClN2O5S.